The van der Waals surface area contributed by atoms with Gasteiger partial charge >= 0.3 is 0 Å². The average molecular weight is 221 g/mol. The molecule has 1 rings (SSSR count). The summed E-state index contributed by atoms with van der Waals surface area (Å²) in [6.07, 6.45) is 2.53. The first kappa shape index (κ1) is 13.3. The summed E-state index contributed by atoms with van der Waals surface area (Å²) in [5.41, 5.74) is 6.10. The van der Waals surface area contributed by atoms with Crippen molar-refractivity contribution in [2.75, 3.05) is 6.61 Å². The van der Waals surface area contributed by atoms with Gasteiger partial charge in [-0.25, -0.2) is 4.98 Å². The van der Waals surface area contributed by atoms with Gasteiger partial charge in [-0.3, -0.25) is 0 Å². The third-order valence-corrected chi connectivity index (χ3v) is 1.86. The quantitative estimate of drug-likeness (QED) is 0.755. The van der Waals surface area contributed by atoms with E-state index in [0.29, 0.717) is 18.4 Å². The lowest BCUT2D eigenvalue weighted by molar-refractivity contribution is 0.279. The minimum absolute atomic E-state index is 0. The summed E-state index contributed by atoms with van der Waals surface area (Å²) in [4.78, 5) is 3.50. The summed E-state index contributed by atoms with van der Waals surface area (Å²) in [5.74, 6) is -0.520. The molecule has 0 spiro atoms. The SMILES string of the molecule is Cl.N[C@H](CCCO)c1cccnc1F. The summed E-state index contributed by atoms with van der Waals surface area (Å²) in [7, 11) is 0. The zero-order valence-corrected chi connectivity index (χ0v) is 8.51. The maximum absolute atomic E-state index is 13.0. The van der Waals surface area contributed by atoms with Crippen LogP contribution in [0.1, 0.15) is 24.4 Å². The fourth-order valence-electron chi connectivity index (χ4n) is 1.14. The summed E-state index contributed by atoms with van der Waals surface area (Å²) in [5, 5.41) is 8.57. The van der Waals surface area contributed by atoms with Crippen molar-refractivity contribution in [2.45, 2.75) is 18.9 Å². The van der Waals surface area contributed by atoms with Crippen LogP contribution >= 0.6 is 12.4 Å². The maximum atomic E-state index is 13.0. The van der Waals surface area contributed by atoms with Gasteiger partial charge in [0.25, 0.3) is 0 Å². The molecule has 0 radical (unpaired) electrons. The molecule has 14 heavy (non-hydrogen) atoms. The summed E-state index contributed by atoms with van der Waals surface area (Å²) >= 11 is 0. The lowest BCUT2D eigenvalue weighted by atomic mass is 10.1. The minimum Gasteiger partial charge on any atom is -0.396 e. The molecule has 80 valence electrons. The second-order valence-electron chi connectivity index (χ2n) is 2.86. The number of nitrogens with zero attached hydrogens (tertiary/aromatic N) is 1. The van der Waals surface area contributed by atoms with Crippen molar-refractivity contribution in [3.63, 3.8) is 0 Å². The van der Waals surface area contributed by atoms with Crippen molar-refractivity contribution >= 4 is 12.4 Å². The van der Waals surface area contributed by atoms with Gasteiger partial charge in [0.05, 0.1) is 0 Å². The Kier molecular flexibility index (Phi) is 6.36. The Hall–Kier alpha value is -0.710. The van der Waals surface area contributed by atoms with E-state index >= 15 is 0 Å². The molecule has 3 N–H and O–H groups in total. The molecular formula is C9H14ClFN2O. The van der Waals surface area contributed by atoms with E-state index in [4.69, 9.17) is 10.8 Å². The number of nitrogens with two attached hydrogens (primary N) is 1. The molecule has 0 aromatic carbocycles. The normalized spacial score (nSPS) is 11.9. The molecule has 0 aliphatic carbocycles. The van der Waals surface area contributed by atoms with Gasteiger partial charge in [0.1, 0.15) is 0 Å². The van der Waals surface area contributed by atoms with Gasteiger partial charge < -0.3 is 10.8 Å². The number of aliphatic hydroxyl groups is 1. The standard InChI is InChI=1S/C9H13FN2O.ClH/c10-9-7(3-1-5-12-9)8(11)4-2-6-13;/h1,3,5,8,13H,2,4,6,11H2;1H/t8-;/m1./s1. The highest BCUT2D eigenvalue weighted by molar-refractivity contribution is 5.85. The minimum atomic E-state index is -0.520. The molecule has 1 aromatic rings. The van der Waals surface area contributed by atoms with Crippen LogP contribution in [0.15, 0.2) is 18.3 Å². The molecule has 0 bridgehead atoms. The summed E-state index contributed by atoms with van der Waals surface area (Å²) in [6, 6.07) is 2.89. The Bertz CT molecular complexity index is 273. The Labute approximate surface area is 88.6 Å². The Morgan fingerprint density at radius 1 is 1.57 bits per heavy atom. The van der Waals surface area contributed by atoms with E-state index in [0.717, 1.165) is 0 Å². The Morgan fingerprint density at radius 2 is 2.29 bits per heavy atom. The third kappa shape index (κ3) is 3.57. The van der Waals surface area contributed by atoms with Crippen molar-refractivity contribution in [3.8, 4) is 0 Å². The topological polar surface area (TPSA) is 59.1 Å². The van der Waals surface area contributed by atoms with Gasteiger partial charge in [0, 0.05) is 24.4 Å². The third-order valence-electron chi connectivity index (χ3n) is 1.86. The van der Waals surface area contributed by atoms with Crippen LogP contribution < -0.4 is 5.73 Å². The highest BCUT2D eigenvalue weighted by atomic mass is 35.5. The van der Waals surface area contributed by atoms with Crippen LogP contribution in [-0.2, 0) is 0 Å². The number of pyridine rings is 1. The Balaban J connectivity index is 0.00000169. The first-order valence-electron chi connectivity index (χ1n) is 4.22. The van der Waals surface area contributed by atoms with E-state index in [1.54, 1.807) is 12.1 Å². The first-order chi connectivity index (χ1) is 6.25. The predicted molar refractivity (Wildman–Crippen MR) is 54.7 cm³/mol. The molecule has 1 atom stereocenters. The van der Waals surface area contributed by atoms with Crippen LogP contribution in [0.5, 0.6) is 0 Å². The zero-order valence-electron chi connectivity index (χ0n) is 7.69. The van der Waals surface area contributed by atoms with E-state index in [2.05, 4.69) is 4.98 Å². The predicted octanol–water partition coefficient (Wildman–Crippen LogP) is 1.41. The molecule has 1 heterocycles. The van der Waals surface area contributed by atoms with Crippen molar-refractivity contribution in [1.82, 2.24) is 4.98 Å². The van der Waals surface area contributed by atoms with Gasteiger partial charge in [0.2, 0.25) is 5.95 Å². The first-order valence-corrected chi connectivity index (χ1v) is 4.22. The van der Waals surface area contributed by atoms with Gasteiger partial charge in [-0.1, -0.05) is 6.07 Å². The van der Waals surface area contributed by atoms with Crippen LogP contribution in [0, 0.1) is 5.95 Å². The molecule has 0 aliphatic heterocycles. The van der Waals surface area contributed by atoms with Crippen molar-refractivity contribution in [2.24, 2.45) is 5.73 Å². The highest BCUT2D eigenvalue weighted by Gasteiger charge is 2.10. The van der Waals surface area contributed by atoms with E-state index in [-0.39, 0.29) is 25.1 Å². The fourth-order valence-corrected chi connectivity index (χ4v) is 1.14. The van der Waals surface area contributed by atoms with Crippen LogP contribution in [0.25, 0.3) is 0 Å². The molecule has 3 nitrogen and oxygen atoms in total. The van der Waals surface area contributed by atoms with Crippen molar-refractivity contribution < 1.29 is 9.50 Å². The van der Waals surface area contributed by atoms with E-state index in [1.165, 1.54) is 6.20 Å². The number of aliphatic hydroxyl groups excluding tert-OH is 1. The van der Waals surface area contributed by atoms with Gasteiger partial charge in [-0.2, -0.15) is 4.39 Å². The molecule has 0 saturated heterocycles. The summed E-state index contributed by atoms with van der Waals surface area (Å²) < 4.78 is 13.0. The van der Waals surface area contributed by atoms with Gasteiger partial charge in [0.15, 0.2) is 0 Å². The maximum Gasteiger partial charge on any atom is 0.217 e. The van der Waals surface area contributed by atoms with Crippen LogP contribution in [0.3, 0.4) is 0 Å². The molecule has 1 aromatic heterocycles. The second kappa shape index (κ2) is 6.70. The molecular weight excluding hydrogens is 207 g/mol. The number of aromatic nitrogens is 1. The molecule has 0 unspecified atom stereocenters. The Morgan fingerprint density at radius 3 is 2.86 bits per heavy atom. The van der Waals surface area contributed by atoms with Crippen LogP contribution in [0.4, 0.5) is 4.39 Å². The molecule has 0 fully saturated rings. The second-order valence-corrected chi connectivity index (χ2v) is 2.86. The molecule has 0 saturated carbocycles. The average Bonchev–Trinajstić information content (AvgIpc) is 2.15. The van der Waals surface area contributed by atoms with E-state index in [9.17, 15) is 4.39 Å². The summed E-state index contributed by atoms with van der Waals surface area (Å²) in [6.45, 7) is 0.0789. The van der Waals surface area contributed by atoms with Crippen LogP contribution in [0.2, 0.25) is 0 Å². The van der Waals surface area contributed by atoms with Crippen LogP contribution in [-0.4, -0.2) is 16.7 Å². The fraction of sp³-hybridized carbons (Fsp3) is 0.444. The molecule has 5 heteroatoms. The lowest BCUT2D eigenvalue weighted by Gasteiger charge is -2.10. The largest absolute Gasteiger partial charge is 0.396 e. The number of rotatable bonds is 4. The van der Waals surface area contributed by atoms with E-state index in [1.807, 2.05) is 0 Å². The molecule has 0 amide bonds. The van der Waals surface area contributed by atoms with E-state index < -0.39 is 5.95 Å². The van der Waals surface area contributed by atoms with Crippen molar-refractivity contribution in [3.05, 3.63) is 29.8 Å². The van der Waals surface area contributed by atoms with Crippen molar-refractivity contribution in [1.29, 1.82) is 0 Å². The highest BCUT2D eigenvalue weighted by Crippen LogP contribution is 2.16. The van der Waals surface area contributed by atoms with Gasteiger partial charge in [-0.05, 0) is 18.9 Å². The smallest absolute Gasteiger partial charge is 0.217 e. The molecule has 0 aliphatic rings. The number of hydrogen-bond acceptors (Lipinski definition) is 3. The number of hydrogen-bond donors (Lipinski definition) is 2. The number of halogens is 2. The monoisotopic (exact) mass is 220 g/mol. The van der Waals surface area contributed by atoms with Gasteiger partial charge in [-0.15, -0.1) is 12.4 Å². The lowest BCUT2D eigenvalue weighted by Crippen LogP contribution is -2.13. The zero-order chi connectivity index (χ0) is 9.68.